The van der Waals surface area contributed by atoms with E-state index in [0.717, 1.165) is 31.8 Å². The summed E-state index contributed by atoms with van der Waals surface area (Å²) >= 11 is 0. The molecule has 1 aliphatic rings. The predicted molar refractivity (Wildman–Crippen MR) is 81.5 cm³/mol. The summed E-state index contributed by atoms with van der Waals surface area (Å²) in [5.74, 6) is 0.873. The Labute approximate surface area is 119 Å². The molecule has 19 heavy (non-hydrogen) atoms. The topological polar surface area (TPSA) is 38.7 Å². The summed E-state index contributed by atoms with van der Waals surface area (Å²) in [7, 11) is 4.33. The van der Waals surface area contributed by atoms with Gasteiger partial charge in [0, 0.05) is 12.6 Å². The Morgan fingerprint density at radius 1 is 1.32 bits per heavy atom. The van der Waals surface area contributed by atoms with Gasteiger partial charge < -0.3 is 20.2 Å². The standard InChI is InChI=1S/C15H33N3O/c1-4-8-16-15(13-19)7-11-18-9-5-14(6-10-18)12-17(2)3/h14-16,19H,4-13H2,1-3H3. The van der Waals surface area contributed by atoms with E-state index < -0.39 is 0 Å². The normalized spacial score (nSPS) is 20.1. The Morgan fingerprint density at radius 3 is 2.53 bits per heavy atom. The van der Waals surface area contributed by atoms with Gasteiger partial charge in [-0.1, -0.05) is 6.92 Å². The lowest BCUT2D eigenvalue weighted by atomic mass is 9.96. The number of nitrogens with zero attached hydrogens (tertiary/aromatic N) is 2. The molecule has 1 unspecified atom stereocenters. The molecule has 0 bridgehead atoms. The minimum Gasteiger partial charge on any atom is -0.395 e. The number of nitrogens with one attached hydrogen (secondary N) is 1. The zero-order valence-electron chi connectivity index (χ0n) is 13.1. The van der Waals surface area contributed by atoms with E-state index in [1.165, 1.54) is 32.5 Å². The first-order valence-corrected chi connectivity index (χ1v) is 7.87. The minimum atomic E-state index is 0.261. The van der Waals surface area contributed by atoms with Crippen LogP contribution in [0.15, 0.2) is 0 Å². The van der Waals surface area contributed by atoms with Gasteiger partial charge in [0.15, 0.2) is 0 Å². The maximum atomic E-state index is 9.34. The highest BCUT2D eigenvalue weighted by atomic mass is 16.3. The Hall–Kier alpha value is -0.160. The lowest BCUT2D eigenvalue weighted by molar-refractivity contribution is 0.149. The summed E-state index contributed by atoms with van der Waals surface area (Å²) in [5.41, 5.74) is 0. The molecule has 4 nitrogen and oxygen atoms in total. The van der Waals surface area contributed by atoms with Crippen LogP contribution in [-0.4, -0.2) is 74.4 Å². The molecule has 114 valence electrons. The Bertz CT molecular complexity index is 215. The van der Waals surface area contributed by atoms with Crippen LogP contribution in [0.1, 0.15) is 32.6 Å². The van der Waals surface area contributed by atoms with E-state index in [9.17, 15) is 5.11 Å². The van der Waals surface area contributed by atoms with Gasteiger partial charge in [-0.25, -0.2) is 0 Å². The minimum absolute atomic E-state index is 0.261. The Balaban J connectivity index is 2.14. The monoisotopic (exact) mass is 271 g/mol. The first-order valence-electron chi connectivity index (χ1n) is 7.87. The summed E-state index contributed by atoms with van der Waals surface area (Å²) < 4.78 is 0. The maximum absolute atomic E-state index is 9.34. The molecule has 0 saturated carbocycles. The first-order chi connectivity index (χ1) is 9.15. The summed E-state index contributed by atoms with van der Waals surface area (Å²) in [5, 5.41) is 12.7. The number of aliphatic hydroxyl groups is 1. The zero-order valence-corrected chi connectivity index (χ0v) is 13.1. The second kappa shape index (κ2) is 9.70. The summed E-state index contributed by atoms with van der Waals surface area (Å²) in [6.07, 6.45) is 4.84. The van der Waals surface area contributed by atoms with Crippen LogP contribution in [0.25, 0.3) is 0 Å². The van der Waals surface area contributed by atoms with E-state index in [0.29, 0.717) is 0 Å². The van der Waals surface area contributed by atoms with E-state index in [4.69, 9.17) is 0 Å². The molecule has 0 spiro atoms. The Morgan fingerprint density at radius 2 is 2.00 bits per heavy atom. The van der Waals surface area contributed by atoms with Crippen molar-refractivity contribution < 1.29 is 5.11 Å². The molecular formula is C15H33N3O. The highest BCUT2D eigenvalue weighted by Crippen LogP contribution is 2.17. The fourth-order valence-corrected chi connectivity index (χ4v) is 2.85. The number of rotatable bonds is 9. The number of hydrogen-bond donors (Lipinski definition) is 2. The van der Waals surface area contributed by atoms with Crippen LogP contribution >= 0.6 is 0 Å². The van der Waals surface area contributed by atoms with E-state index in [2.05, 4.69) is 36.1 Å². The number of hydrogen-bond acceptors (Lipinski definition) is 4. The van der Waals surface area contributed by atoms with E-state index in [-0.39, 0.29) is 12.6 Å². The third-order valence-electron chi connectivity index (χ3n) is 4.03. The molecule has 1 saturated heterocycles. The third-order valence-corrected chi connectivity index (χ3v) is 4.03. The van der Waals surface area contributed by atoms with Gasteiger partial charge in [0.25, 0.3) is 0 Å². The van der Waals surface area contributed by atoms with Crippen molar-refractivity contribution in [1.29, 1.82) is 0 Å². The largest absolute Gasteiger partial charge is 0.395 e. The van der Waals surface area contributed by atoms with E-state index in [1.807, 2.05) is 0 Å². The SMILES string of the molecule is CCCNC(CO)CCN1CCC(CN(C)C)CC1. The summed E-state index contributed by atoms with van der Waals surface area (Å²) in [6, 6.07) is 0.277. The zero-order chi connectivity index (χ0) is 14.1. The van der Waals surface area contributed by atoms with Crippen molar-refractivity contribution in [2.24, 2.45) is 5.92 Å². The van der Waals surface area contributed by atoms with E-state index in [1.54, 1.807) is 0 Å². The number of aliphatic hydroxyl groups excluding tert-OH is 1. The summed E-state index contributed by atoms with van der Waals surface area (Å²) in [6.45, 7) is 8.24. The third kappa shape index (κ3) is 7.25. The average molecular weight is 271 g/mol. The van der Waals surface area contributed by atoms with Gasteiger partial charge in [-0.3, -0.25) is 0 Å². The molecule has 0 aliphatic carbocycles. The van der Waals surface area contributed by atoms with Crippen molar-refractivity contribution in [1.82, 2.24) is 15.1 Å². The van der Waals surface area contributed by atoms with Crippen molar-refractivity contribution in [2.75, 3.05) is 53.4 Å². The van der Waals surface area contributed by atoms with Crippen LogP contribution in [0.2, 0.25) is 0 Å². The molecule has 1 atom stereocenters. The lowest BCUT2D eigenvalue weighted by Crippen LogP contribution is -2.41. The second-order valence-corrected chi connectivity index (χ2v) is 6.17. The molecular weight excluding hydrogens is 238 g/mol. The molecule has 4 heteroatoms. The fourth-order valence-electron chi connectivity index (χ4n) is 2.85. The highest BCUT2D eigenvalue weighted by Gasteiger charge is 2.20. The van der Waals surface area contributed by atoms with Gasteiger partial charge in [0.05, 0.1) is 6.61 Å². The van der Waals surface area contributed by atoms with Crippen molar-refractivity contribution in [3.05, 3.63) is 0 Å². The maximum Gasteiger partial charge on any atom is 0.0585 e. The molecule has 1 fully saturated rings. The highest BCUT2D eigenvalue weighted by molar-refractivity contribution is 4.75. The van der Waals surface area contributed by atoms with Crippen LogP contribution in [0.4, 0.5) is 0 Å². The van der Waals surface area contributed by atoms with Crippen LogP contribution in [0.3, 0.4) is 0 Å². The molecule has 0 radical (unpaired) electrons. The van der Waals surface area contributed by atoms with Gasteiger partial charge in [0.2, 0.25) is 0 Å². The van der Waals surface area contributed by atoms with Gasteiger partial charge in [-0.15, -0.1) is 0 Å². The molecule has 0 amide bonds. The van der Waals surface area contributed by atoms with Crippen LogP contribution in [0.5, 0.6) is 0 Å². The number of piperidine rings is 1. The van der Waals surface area contributed by atoms with Crippen molar-refractivity contribution in [3.8, 4) is 0 Å². The van der Waals surface area contributed by atoms with Gasteiger partial charge in [-0.2, -0.15) is 0 Å². The average Bonchev–Trinajstić information content (AvgIpc) is 2.40. The second-order valence-electron chi connectivity index (χ2n) is 6.17. The van der Waals surface area contributed by atoms with E-state index >= 15 is 0 Å². The molecule has 1 rings (SSSR count). The van der Waals surface area contributed by atoms with Gasteiger partial charge >= 0.3 is 0 Å². The summed E-state index contributed by atoms with van der Waals surface area (Å²) in [4.78, 5) is 4.86. The fraction of sp³-hybridized carbons (Fsp3) is 1.00. The van der Waals surface area contributed by atoms with Crippen molar-refractivity contribution in [2.45, 2.75) is 38.6 Å². The quantitative estimate of drug-likeness (QED) is 0.656. The number of likely N-dealkylation sites (tertiary alicyclic amines) is 1. The van der Waals surface area contributed by atoms with Crippen LogP contribution < -0.4 is 5.32 Å². The first kappa shape index (κ1) is 16.9. The predicted octanol–water partition coefficient (Wildman–Crippen LogP) is 1.01. The van der Waals surface area contributed by atoms with Crippen molar-refractivity contribution >= 4 is 0 Å². The molecule has 0 aromatic carbocycles. The lowest BCUT2D eigenvalue weighted by Gasteiger charge is -2.33. The molecule has 1 aliphatic heterocycles. The smallest absolute Gasteiger partial charge is 0.0585 e. The van der Waals surface area contributed by atoms with Gasteiger partial charge in [0.1, 0.15) is 0 Å². The Kier molecular flexibility index (Phi) is 8.62. The molecule has 0 aromatic rings. The van der Waals surface area contributed by atoms with Crippen LogP contribution in [0, 0.1) is 5.92 Å². The molecule has 1 heterocycles. The molecule has 2 N–H and O–H groups in total. The van der Waals surface area contributed by atoms with Crippen molar-refractivity contribution in [3.63, 3.8) is 0 Å². The van der Waals surface area contributed by atoms with Crippen LogP contribution in [-0.2, 0) is 0 Å². The van der Waals surface area contributed by atoms with Gasteiger partial charge in [-0.05, 0) is 71.9 Å². The molecule has 0 aromatic heterocycles.